The molecule has 2 saturated heterocycles. The highest BCUT2D eigenvalue weighted by Gasteiger charge is 2.32. The number of rotatable bonds is 5. The number of unbranched alkanes of at least 4 members (excludes halogenated alkanes) is 1. The fourth-order valence-electron chi connectivity index (χ4n) is 2.87. The van der Waals surface area contributed by atoms with Gasteiger partial charge in [-0.1, -0.05) is 13.3 Å². The van der Waals surface area contributed by atoms with Crippen LogP contribution in [0.2, 0.25) is 0 Å². The first-order chi connectivity index (χ1) is 9.72. The number of nitrogens with one attached hydrogen (secondary N) is 1. The highest BCUT2D eigenvalue weighted by molar-refractivity contribution is 5.82. The fourth-order valence-corrected chi connectivity index (χ4v) is 2.87. The van der Waals surface area contributed by atoms with E-state index in [1.165, 1.54) is 0 Å². The van der Waals surface area contributed by atoms with E-state index >= 15 is 0 Å². The summed E-state index contributed by atoms with van der Waals surface area (Å²) >= 11 is 0. The van der Waals surface area contributed by atoms with Crippen LogP contribution < -0.4 is 5.32 Å². The maximum atomic E-state index is 12.2. The lowest BCUT2D eigenvalue weighted by atomic mass is 9.95. The molecule has 2 heterocycles. The summed E-state index contributed by atoms with van der Waals surface area (Å²) < 4.78 is 5.44. The topological polar surface area (TPSA) is 58.6 Å². The summed E-state index contributed by atoms with van der Waals surface area (Å²) in [5.74, 6) is 0.343. The third-order valence-electron chi connectivity index (χ3n) is 4.21. The standard InChI is InChI=1S/C15H26N2O3/c1-2-3-8-16-14(18)12-6-9-17(10-7-12)15(19)13-5-4-11-20-13/h12-13H,2-11H2,1H3,(H,16,18). The molecule has 2 fully saturated rings. The van der Waals surface area contributed by atoms with Crippen molar-refractivity contribution in [1.29, 1.82) is 0 Å². The molecule has 1 N–H and O–H groups in total. The molecule has 114 valence electrons. The molecule has 0 spiro atoms. The molecule has 0 saturated carbocycles. The number of ether oxygens (including phenoxy) is 1. The average Bonchev–Trinajstić information content (AvgIpc) is 3.01. The lowest BCUT2D eigenvalue weighted by molar-refractivity contribution is -0.143. The van der Waals surface area contributed by atoms with E-state index in [1.54, 1.807) is 0 Å². The average molecular weight is 282 g/mol. The molecule has 5 nitrogen and oxygen atoms in total. The number of amides is 2. The minimum Gasteiger partial charge on any atom is -0.368 e. The number of carbonyl (C=O) groups excluding carboxylic acids is 2. The van der Waals surface area contributed by atoms with Crippen LogP contribution >= 0.6 is 0 Å². The third-order valence-corrected chi connectivity index (χ3v) is 4.21. The van der Waals surface area contributed by atoms with E-state index in [0.717, 1.165) is 45.1 Å². The molecular weight excluding hydrogens is 256 g/mol. The van der Waals surface area contributed by atoms with Crippen LogP contribution in [0, 0.1) is 5.92 Å². The molecule has 0 bridgehead atoms. The van der Waals surface area contributed by atoms with E-state index in [1.807, 2.05) is 4.90 Å². The highest BCUT2D eigenvalue weighted by Crippen LogP contribution is 2.21. The number of piperidine rings is 1. The Kier molecular flexibility index (Phi) is 5.83. The van der Waals surface area contributed by atoms with E-state index in [2.05, 4.69) is 12.2 Å². The van der Waals surface area contributed by atoms with Crippen molar-refractivity contribution in [3.63, 3.8) is 0 Å². The second kappa shape index (κ2) is 7.62. The zero-order valence-corrected chi connectivity index (χ0v) is 12.4. The van der Waals surface area contributed by atoms with Gasteiger partial charge in [-0.15, -0.1) is 0 Å². The molecule has 1 atom stereocenters. The Labute approximate surface area is 121 Å². The summed E-state index contributed by atoms with van der Waals surface area (Å²) in [7, 11) is 0. The molecule has 5 heteroatoms. The van der Waals surface area contributed by atoms with E-state index in [-0.39, 0.29) is 23.8 Å². The first kappa shape index (κ1) is 15.3. The number of likely N-dealkylation sites (tertiary alicyclic amines) is 1. The molecule has 0 aromatic carbocycles. The van der Waals surface area contributed by atoms with Gasteiger partial charge in [0.05, 0.1) is 0 Å². The molecule has 1 unspecified atom stereocenters. The molecule has 2 amide bonds. The Bertz CT molecular complexity index is 332. The second-order valence-electron chi connectivity index (χ2n) is 5.75. The zero-order valence-electron chi connectivity index (χ0n) is 12.4. The van der Waals surface area contributed by atoms with Crippen LogP contribution in [0.1, 0.15) is 45.4 Å². The quantitative estimate of drug-likeness (QED) is 0.774. The van der Waals surface area contributed by atoms with Gasteiger partial charge in [0, 0.05) is 32.2 Å². The maximum Gasteiger partial charge on any atom is 0.251 e. The minimum absolute atomic E-state index is 0.0698. The van der Waals surface area contributed by atoms with Gasteiger partial charge in [-0.2, -0.15) is 0 Å². The van der Waals surface area contributed by atoms with Gasteiger partial charge in [0.1, 0.15) is 6.10 Å². The minimum atomic E-state index is -0.232. The Morgan fingerprint density at radius 1 is 1.25 bits per heavy atom. The number of hydrogen-bond acceptors (Lipinski definition) is 3. The van der Waals surface area contributed by atoms with Gasteiger partial charge < -0.3 is 15.0 Å². The van der Waals surface area contributed by atoms with Crippen molar-refractivity contribution in [2.24, 2.45) is 5.92 Å². The van der Waals surface area contributed by atoms with Crippen LogP contribution in [0.25, 0.3) is 0 Å². The smallest absolute Gasteiger partial charge is 0.251 e. The third kappa shape index (κ3) is 3.95. The van der Waals surface area contributed by atoms with Crippen LogP contribution in [0.5, 0.6) is 0 Å². The van der Waals surface area contributed by atoms with Crippen molar-refractivity contribution in [3.8, 4) is 0 Å². The number of hydrogen-bond donors (Lipinski definition) is 1. The van der Waals surface area contributed by atoms with Crippen LogP contribution in [-0.2, 0) is 14.3 Å². The van der Waals surface area contributed by atoms with Gasteiger partial charge in [0.2, 0.25) is 5.91 Å². The van der Waals surface area contributed by atoms with Gasteiger partial charge in [-0.3, -0.25) is 9.59 Å². The van der Waals surface area contributed by atoms with Gasteiger partial charge >= 0.3 is 0 Å². The van der Waals surface area contributed by atoms with Crippen LogP contribution in [0.3, 0.4) is 0 Å². The van der Waals surface area contributed by atoms with Crippen LogP contribution in [0.15, 0.2) is 0 Å². The predicted octanol–water partition coefficient (Wildman–Crippen LogP) is 1.32. The molecule has 0 aliphatic carbocycles. The van der Waals surface area contributed by atoms with Crippen molar-refractivity contribution in [2.45, 2.75) is 51.6 Å². The molecule has 0 aromatic rings. The first-order valence-electron chi connectivity index (χ1n) is 7.90. The van der Waals surface area contributed by atoms with E-state index in [0.29, 0.717) is 19.7 Å². The van der Waals surface area contributed by atoms with E-state index < -0.39 is 0 Å². The molecule has 20 heavy (non-hydrogen) atoms. The molecule has 2 rings (SSSR count). The van der Waals surface area contributed by atoms with Crippen LogP contribution in [0.4, 0.5) is 0 Å². The molecule has 0 radical (unpaired) electrons. The predicted molar refractivity (Wildman–Crippen MR) is 76.2 cm³/mol. The van der Waals surface area contributed by atoms with Crippen LogP contribution in [-0.4, -0.2) is 49.1 Å². The summed E-state index contributed by atoms with van der Waals surface area (Å²) in [6.45, 7) is 4.95. The summed E-state index contributed by atoms with van der Waals surface area (Å²) in [6, 6.07) is 0. The van der Waals surface area contributed by atoms with Crippen molar-refractivity contribution >= 4 is 11.8 Å². The summed E-state index contributed by atoms with van der Waals surface area (Å²) in [6.07, 6.45) is 5.26. The SMILES string of the molecule is CCCCNC(=O)C1CCN(C(=O)C2CCCO2)CC1. The Hall–Kier alpha value is -1.10. The molecule has 2 aliphatic heterocycles. The van der Waals surface area contributed by atoms with E-state index in [4.69, 9.17) is 4.74 Å². The first-order valence-corrected chi connectivity index (χ1v) is 7.90. The second-order valence-corrected chi connectivity index (χ2v) is 5.75. The Morgan fingerprint density at radius 3 is 2.60 bits per heavy atom. The van der Waals surface area contributed by atoms with Gasteiger partial charge in [-0.25, -0.2) is 0 Å². The van der Waals surface area contributed by atoms with Crippen molar-refractivity contribution in [1.82, 2.24) is 10.2 Å². The molecule has 2 aliphatic rings. The maximum absolute atomic E-state index is 12.2. The summed E-state index contributed by atoms with van der Waals surface area (Å²) in [4.78, 5) is 26.0. The highest BCUT2D eigenvalue weighted by atomic mass is 16.5. The largest absolute Gasteiger partial charge is 0.368 e. The van der Waals surface area contributed by atoms with E-state index in [9.17, 15) is 9.59 Å². The zero-order chi connectivity index (χ0) is 14.4. The fraction of sp³-hybridized carbons (Fsp3) is 0.867. The van der Waals surface area contributed by atoms with Gasteiger partial charge in [0.25, 0.3) is 5.91 Å². The summed E-state index contributed by atoms with van der Waals surface area (Å²) in [5.41, 5.74) is 0. The number of carbonyl (C=O) groups is 2. The van der Waals surface area contributed by atoms with Crippen molar-refractivity contribution < 1.29 is 14.3 Å². The van der Waals surface area contributed by atoms with Crippen molar-refractivity contribution in [2.75, 3.05) is 26.2 Å². The van der Waals surface area contributed by atoms with Gasteiger partial charge in [0.15, 0.2) is 0 Å². The lowest BCUT2D eigenvalue weighted by Gasteiger charge is -2.32. The lowest BCUT2D eigenvalue weighted by Crippen LogP contribution is -2.46. The normalized spacial score (nSPS) is 23.9. The Balaban J connectivity index is 1.71. The monoisotopic (exact) mass is 282 g/mol. The number of nitrogens with zero attached hydrogens (tertiary/aromatic N) is 1. The molecule has 0 aromatic heterocycles. The summed E-state index contributed by atoms with van der Waals surface area (Å²) in [5, 5.41) is 2.99. The van der Waals surface area contributed by atoms with Gasteiger partial charge in [-0.05, 0) is 32.1 Å². The van der Waals surface area contributed by atoms with Crippen molar-refractivity contribution in [3.05, 3.63) is 0 Å². The molecular formula is C15H26N2O3. The Morgan fingerprint density at radius 2 is 2.00 bits per heavy atom.